The molecule has 0 atom stereocenters. The number of rotatable bonds is 8. The molecular formula is C21H33N7O. The third kappa shape index (κ3) is 6.54. The number of aromatic nitrogens is 3. The minimum Gasteiger partial charge on any atom is -0.379 e. The number of aryl methyl sites for hydroxylation is 1. The molecule has 0 aliphatic carbocycles. The lowest BCUT2D eigenvalue weighted by molar-refractivity contribution is 0.0375. The third-order valence-corrected chi connectivity index (χ3v) is 5.22. The summed E-state index contributed by atoms with van der Waals surface area (Å²) in [4.78, 5) is 9.44. The van der Waals surface area contributed by atoms with Crippen LogP contribution in [-0.2, 0) is 24.9 Å². The maximum Gasteiger partial charge on any atom is 0.194 e. The first-order valence-electron chi connectivity index (χ1n) is 10.3. The topological polar surface area (TPSA) is 70.8 Å². The smallest absolute Gasteiger partial charge is 0.194 e. The molecule has 1 aromatic carbocycles. The van der Waals surface area contributed by atoms with Gasteiger partial charge < -0.3 is 19.5 Å². The molecule has 2 heterocycles. The summed E-state index contributed by atoms with van der Waals surface area (Å²) in [7, 11) is 4.05. The van der Waals surface area contributed by atoms with E-state index in [9.17, 15) is 0 Å². The Morgan fingerprint density at radius 3 is 2.66 bits per heavy atom. The van der Waals surface area contributed by atoms with Gasteiger partial charge in [0.05, 0.1) is 13.2 Å². The third-order valence-electron chi connectivity index (χ3n) is 5.22. The number of aliphatic imine (C=N–C) groups is 1. The molecule has 8 heteroatoms. The molecule has 1 N–H and O–H groups in total. The van der Waals surface area contributed by atoms with Crippen molar-refractivity contribution in [3.05, 3.63) is 47.5 Å². The van der Waals surface area contributed by atoms with Gasteiger partial charge in [0.15, 0.2) is 11.8 Å². The lowest BCUT2D eigenvalue weighted by atomic mass is 10.2. The molecule has 0 saturated carbocycles. The standard InChI is InChI=1S/C21H33N7O/c1-18-24-25-20(27(18)3)16-23-21(26(2)17-19-8-5-4-6-9-19)22-10-7-11-28-12-14-29-15-13-28/h4-6,8-9H,7,10-17H2,1-3H3,(H,22,23). The predicted octanol–water partition coefficient (Wildman–Crippen LogP) is 1.42. The van der Waals surface area contributed by atoms with E-state index < -0.39 is 0 Å². The molecule has 1 fully saturated rings. The number of hydrogen-bond acceptors (Lipinski definition) is 5. The average Bonchev–Trinajstić information content (AvgIpc) is 3.06. The van der Waals surface area contributed by atoms with Gasteiger partial charge in [0.2, 0.25) is 0 Å². The molecule has 1 aliphatic heterocycles. The van der Waals surface area contributed by atoms with E-state index >= 15 is 0 Å². The first kappa shape index (κ1) is 21.3. The molecule has 2 aromatic rings. The summed E-state index contributed by atoms with van der Waals surface area (Å²) in [6, 6.07) is 10.5. The van der Waals surface area contributed by atoms with Crippen LogP contribution in [0.25, 0.3) is 0 Å². The fourth-order valence-electron chi connectivity index (χ4n) is 3.31. The van der Waals surface area contributed by atoms with Crippen molar-refractivity contribution in [2.24, 2.45) is 12.0 Å². The highest BCUT2D eigenvalue weighted by Gasteiger charge is 2.12. The van der Waals surface area contributed by atoms with E-state index in [4.69, 9.17) is 9.73 Å². The Labute approximate surface area is 173 Å². The van der Waals surface area contributed by atoms with Gasteiger partial charge in [0.1, 0.15) is 12.4 Å². The Kier molecular flexibility index (Phi) is 8.01. The first-order valence-corrected chi connectivity index (χ1v) is 10.3. The van der Waals surface area contributed by atoms with Gasteiger partial charge in [-0.2, -0.15) is 0 Å². The fourth-order valence-corrected chi connectivity index (χ4v) is 3.31. The summed E-state index contributed by atoms with van der Waals surface area (Å²) in [6.45, 7) is 8.96. The van der Waals surface area contributed by atoms with Crippen molar-refractivity contribution >= 4 is 5.96 Å². The van der Waals surface area contributed by atoms with E-state index in [-0.39, 0.29) is 0 Å². The summed E-state index contributed by atoms with van der Waals surface area (Å²) in [5, 5.41) is 11.9. The van der Waals surface area contributed by atoms with Gasteiger partial charge in [0.25, 0.3) is 0 Å². The maximum absolute atomic E-state index is 5.42. The van der Waals surface area contributed by atoms with E-state index in [1.54, 1.807) is 0 Å². The van der Waals surface area contributed by atoms with Crippen LogP contribution < -0.4 is 5.32 Å². The molecule has 1 aromatic heterocycles. The van der Waals surface area contributed by atoms with E-state index in [2.05, 4.69) is 56.6 Å². The van der Waals surface area contributed by atoms with Gasteiger partial charge in [-0.05, 0) is 25.5 Å². The maximum atomic E-state index is 5.42. The van der Waals surface area contributed by atoms with Gasteiger partial charge in [-0.3, -0.25) is 4.90 Å². The second-order valence-corrected chi connectivity index (χ2v) is 7.44. The monoisotopic (exact) mass is 399 g/mol. The van der Waals surface area contributed by atoms with Crippen molar-refractivity contribution in [3.8, 4) is 0 Å². The lowest BCUT2D eigenvalue weighted by Gasteiger charge is -2.27. The Balaban J connectivity index is 1.58. The minimum atomic E-state index is 0.502. The summed E-state index contributed by atoms with van der Waals surface area (Å²) in [5.41, 5.74) is 1.26. The van der Waals surface area contributed by atoms with Crippen LogP contribution in [0.3, 0.4) is 0 Å². The Morgan fingerprint density at radius 1 is 1.21 bits per heavy atom. The van der Waals surface area contributed by atoms with Crippen LogP contribution in [0, 0.1) is 6.92 Å². The second-order valence-electron chi connectivity index (χ2n) is 7.44. The van der Waals surface area contributed by atoms with Crippen molar-refractivity contribution < 1.29 is 4.74 Å². The number of benzene rings is 1. The van der Waals surface area contributed by atoms with Crippen LogP contribution in [0.4, 0.5) is 0 Å². The number of hydrogen-bond donors (Lipinski definition) is 1. The van der Waals surface area contributed by atoms with Gasteiger partial charge in [0, 0.05) is 40.3 Å². The zero-order valence-corrected chi connectivity index (χ0v) is 17.8. The molecule has 0 bridgehead atoms. The van der Waals surface area contributed by atoms with Crippen molar-refractivity contribution in [3.63, 3.8) is 0 Å². The Bertz CT molecular complexity index is 769. The molecule has 158 valence electrons. The normalized spacial score (nSPS) is 15.5. The molecule has 0 radical (unpaired) electrons. The van der Waals surface area contributed by atoms with Crippen LogP contribution in [0.5, 0.6) is 0 Å². The Hall–Kier alpha value is -2.45. The molecule has 0 amide bonds. The summed E-state index contributed by atoms with van der Waals surface area (Å²) in [6.07, 6.45) is 1.07. The number of guanidine groups is 1. The first-order chi connectivity index (χ1) is 14.1. The van der Waals surface area contributed by atoms with E-state index in [0.29, 0.717) is 6.54 Å². The average molecular weight is 400 g/mol. The minimum absolute atomic E-state index is 0.502. The number of nitrogens with one attached hydrogen (secondary N) is 1. The Morgan fingerprint density at radius 2 is 1.97 bits per heavy atom. The molecule has 0 spiro atoms. The highest BCUT2D eigenvalue weighted by atomic mass is 16.5. The largest absolute Gasteiger partial charge is 0.379 e. The van der Waals surface area contributed by atoms with E-state index in [1.807, 2.05) is 24.6 Å². The van der Waals surface area contributed by atoms with Crippen molar-refractivity contribution in [1.82, 2.24) is 29.9 Å². The van der Waals surface area contributed by atoms with Crippen LogP contribution in [0.1, 0.15) is 23.6 Å². The van der Waals surface area contributed by atoms with E-state index in [1.165, 1.54) is 5.56 Å². The highest BCUT2D eigenvalue weighted by Crippen LogP contribution is 2.05. The molecule has 1 aliphatic rings. The predicted molar refractivity (Wildman–Crippen MR) is 115 cm³/mol. The molecule has 8 nitrogen and oxygen atoms in total. The SMILES string of the molecule is Cc1nnc(CN=C(NCCCN2CCOCC2)N(C)Cc2ccccc2)n1C. The van der Waals surface area contributed by atoms with Crippen molar-refractivity contribution in [1.29, 1.82) is 0 Å². The molecule has 29 heavy (non-hydrogen) atoms. The zero-order valence-electron chi connectivity index (χ0n) is 17.8. The number of morpholine rings is 1. The number of ether oxygens (including phenoxy) is 1. The highest BCUT2D eigenvalue weighted by molar-refractivity contribution is 5.79. The fraction of sp³-hybridized carbons (Fsp3) is 0.571. The van der Waals surface area contributed by atoms with Crippen molar-refractivity contribution in [2.45, 2.75) is 26.4 Å². The van der Waals surface area contributed by atoms with Crippen LogP contribution >= 0.6 is 0 Å². The summed E-state index contributed by atoms with van der Waals surface area (Å²) >= 11 is 0. The number of nitrogens with zero attached hydrogens (tertiary/aromatic N) is 6. The molecule has 3 rings (SSSR count). The van der Waals surface area contributed by atoms with Crippen molar-refractivity contribution in [2.75, 3.05) is 46.4 Å². The zero-order chi connectivity index (χ0) is 20.5. The second kappa shape index (κ2) is 10.9. The van der Waals surface area contributed by atoms with Gasteiger partial charge in [-0.1, -0.05) is 30.3 Å². The van der Waals surface area contributed by atoms with Gasteiger partial charge in [-0.25, -0.2) is 4.99 Å². The lowest BCUT2D eigenvalue weighted by Crippen LogP contribution is -2.41. The van der Waals surface area contributed by atoms with Crippen LogP contribution in [0.2, 0.25) is 0 Å². The summed E-state index contributed by atoms with van der Waals surface area (Å²) < 4.78 is 7.40. The molecule has 1 saturated heterocycles. The van der Waals surface area contributed by atoms with Gasteiger partial charge in [-0.15, -0.1) is 10.2 Å². The van der Waals surface area contributed by atoms with Crippen LogP contribution in [0.15, 0.2) is 35.3 Å². The molecular weight excluding hydrogens is 366 g/mol. The van der Waals surface area contributed by atoms with E-state index in [0.717, 1.165) is 70.0 Å². The van der Waals surface area contributed by atoms with Crippen LogP contribution in [-0.4, -0.2) is 77.0 Å². The quantitative estimate of drug-likeness (QED) is 0.411. The van der Waals surface area contributed by atoms with Gasteiger partial charge >= 0.3 is 0 Å². The summed E-state index contributed by atoms with van der Waals surface area (Å²) in [5.74, 6) is 2.65. The molecule has 0 unspecified atom stereocenters.